The lowest BCUT2D eigenvalue weighted by Gasteiger charge is -2.24. The van der Waals surface area contributed by atoms with Gasteiger partial charge in [0.25, 0.3) is 0 Å². The number of rotatable bonds is 4. The van der Waals surface area contributed by atoms with Crippen LogP contribution in [0.1, 0.15) is 33.6 Å². The van der Waals surface area contributed by atoms with Crippen LogP contribution in [0.4, 0.5) is 0 Å². The molecule has 0 aromatic rings. The van der Waals surface area contributed by atoms with Crippen LogP contribution in [0, 0.1) is 0 Å². The molecular formula is C7H13OS. The van der Waals surface area contributed by atoms with E-state index in [0.29, 0.717) is 0 Å². The summed E-state index contributed by atoms with van der Waals surface area (Å²) in [4.78, 5) is 0. The van der Waals surface area contributed by atoms with Gasteiger partial charge in [-0.15, -0.1) is 0 Å². The van der Waals surface area contributed by atoms with Gasteiger partial charge >= 0.3 is 0 Å². The van der Waals surface area contributed by atoms with Crippen molar-refractivity contribution < 1.29 is 4.74 Å². The van der Waals surface area contributed by atoms with Gasteiger partial charge < -0.3 is 4.74 Å². The molecule has 0 aromatic carbocycles. The highest BCUT2D eigenvalue weighted by Gasteiger charge is 2.19. The maximum absolute atomic E-state index is 5.09. The Morgan fingerprint density at radius 2 is 1.89 bits per heavy atom. The van der Waals surface area contributed by atoms with E-state index in [1.807, 2.05) is 6.92 Å². The Morgan fingerprint density at radius 1 is 1.44 bits per heavy atom. The van der Waals surface area contributed by atoms with Gasteiger partial charge in [-0.25, -0.2) is 0 Å². The third kappa shape index (κ3) is 2.80. The number of ether oxygens (including phenoxy) is 1. The summed E-state index contributed by atoms with van der Waals surface area (Å²) in [6.45, 7) is 6.19. The average Bonchev–Trinajstić information content (AvgIpc) is 1.89. The van der Waals surface area contributed by atoms with Crippen molar-refractivity contribution in [3.05, 3.63) is 0 Å². The second kappa shape index (κ2) is 3.83. The fourth-order valence-corrected chi connectivity index (χ4v) is 0.696. The van der Waals surface area contributed by atoms with Crippen LogP contribution < -0.4 is 0 Å². The highest BCUT2D eigenvalue weighted by molar-refractivity contribution is 7.78. The van der Waals surface area contributed by atoms with Crippen LogP contribution in [0.15, 0.2) is 0 Å². The summed E-state index contributed by atoms with van der Waals surface area (Å²) in [5.74, 6) is 0. The monoisotopic (exact) mass is 145 g/mol. The minimum atomic E-state index is -0.0816. The van der Waals surface area contributed by atoms with Crippen molar-refractivity contribution in [2.24, 2.45) is 0 Å². The lowest BCUT2D eigenvalue weighted by molar-refractivity contribution is 0.0789. The molecule has 0 N–H and O–H groups in total. The van der Waals surface area contributed by atoms with Crippen molar-refractivity contribution in [2.45, 2.75) is 39.2 Å². The summed E-state index contributed by atoms with van der Waals surface area (Å²) in [6.07, 6.45) is 1.96. The predicted octanol–water partition coefficient (Wildman–Crippen LogP) is 2.42. The molecule has 0 atom stereocenters. The van der Waals surface area contributed by atoms with E-state index >= 15 is 0 Å². The topological polar surface area (TPSA) is 9.23 Å². The fraction of sp³-hybridized carbons (Fsp3) is 0.857. The van der Waals surface area contributed by atoms with Gasteiger partial charge in [-0.3, -0.25) is 0 Å². The third-order valence-corrected chi connectivity index (χ3v) is 1.87. The van der Waals surface area contributed by atoms with Gasteiger partial charge in [0.15, 0.2) is 0 Å². The lowest BCUT2D eigenvalue weighted by Crippen LogP contribution is -2.25. The van der Waals surface area contributed by atoms with E-state index in [2.05, 4.69) is 31.6 Å². The molecule has 0 bridgehead atoms. The Hall–Kier alpha value is -0.110. The van der Waals surface area contributed by atoms with Crippen LogP contribution in [-0.2, 0) is 4.74 Å². The van der Waals surface area contributed by atoms with E-state index < -0.39 is 0 Å². The molecule has 9 heavy (non-hydrogen) atoms. The van der Waals surface area contributed by atoms with E-state index in [0.717, 1.165) is 12.8 Å². The zero-order chi connectivity index (χ0) is 7.33. The van der Waals surface area contributed by atoms with Crippen molar-refractivity contribution in [3.63, 3.8) is 0 Å². The highest BCUT2D eigenvalue weighted by atomic mass is 32.1. The molecule has 0 spiro atoms. The fourth-order valence-electron chi connectivity index (χ4n) is 0.495. The summed E-state index contributed by atoms with van der Waals surface area (Å²) in [6, 6.07) is 0. The first-order valence-electron chi connectivity index (χ1n) is 3.23. The SMILES string of the molecule is CCC(C)(CC)O[C]=S. The van der Waals surface area contributed by atoms with Crippen LogP contribution in [-0.4, -0.2) is 11.2 Å². The van der Waals surface area contributed by atoms with Crippen molar-refractivity contribution in [3.8, 4) is 0 Å². The van der Waals surface area contributed by atoms with Gasteiger partial charge in [0.05, 0.1) is 0 Å². The molecule has 0 rings (SSSR count). The van der Waals surface area contributed by atoms with Gasteiger partial charge in [-0.2, -0.15) is 0 Å². The average molecular weight is 145 g/mol. The molecular weight excluding hydrogens is 132 g/mol. The molecule has 0 aliphatic rings. The molecule has 0 fully saturated rings. The quantitative estimate of drug-likeness (QED) is 0.562. The van der Waals surface area contributed by atoms with Gasteiger partial charge in [0, 0.05) is 0 Å². The molecule has 0 heterocycles. The maximum atomic E-state index is 5.09. The zero-order valence-electron chi connectivity index (χ0n) is 6.23. The molecule has 0 amide bonds. The van der Waals surface area contributed by atoms with Crippen molar-refractivity contribution >= 4 is 17.8 Å². The Morgan fingerprint density at radius 3 is 2.00 bits per heavy atom. The minimum absolute atomic E-state index is 0.0816. The first-order valence-corrected chi connectivity index (χ1v) is 3.64. The summed E-state index contributed by atoms with van der Waals surface area (Å²) < 4.78 is 5.09. The smallest absolute Gasteiger partial charge is 0.239 e. The molecule has 53 valence electrons. The van der Waals surface area contributed by atoms with E-state index in [1.165, 1.54) is 0 Å². The van der Waals surface area contributed by atoms with E-state index in [9.17, 15) is 0 Å². The second-order valence-corrected chi connectivity index (χ2v) is 2.51. The molecule has 0 saturated carbocycles. The van der Waals surface area contributed by atoms with Gasteiger partial charge in [0.2, 0.25) is 5.55 Å². The molecule has 0 aliphatic heterocycles. The van der Waals surface area contributed by atoms with Crippen LogP contribution in [0.25, 0.3) is 0 Å². The standard InChI is InChI=1S/C7H13OS/c1-4-7(3,5-2)8-6-9/h4-5H2,1-3H3. The van der Waals surface area contributed by atoms with Crippen LogP contribution >= 0.6 is 12.2 Å². The lowest BCUT2D eigenvalue weighted by atomic mass is 10.0. The number of hydrogen-bond donors (Lipinski definition) is 0. The second-order valence-electron chi connectivity index (χ2n) is 2.34. The predicted molar refractivity (Wildman–Crippen MR) is 42.7 cm³/mol. The summed E-state index contributed by atoms with van der Waals surface area (Å²) >= 11 is 4.46. The summed E-state index contributed by atoms with van der Waals surface area (Å²) in [7, 11) is 0. The van der Waals surface area contributed by atoms with Crippen molar-refractivity contribution in [1.82, 2.24) is 0 Å². The molecule has 0 unspecified atom stereocenters. The maximum Gasteiger partial charge on any atom is 0.239 e. The number of hydrogen-bond acceptors (Lipinski definition) is 2. The molecule has 0 aliphatic carbocycles. The Kier molecular flexibility index (Phi) is 3.78. The van der Waals surface area contributed by atoms with E-state index in [-0.39, 0.29) is 5.60 Å². The Balaban J connectivity index is 3.75. The molecule has 1 radical (unpaired) electrons. The summed E-state index contributed by atoms with van der Waals surface area (Å²) in [5.41, 5.74) is 2.21. The van der Waals surface area contributed by atoms with E-state index in [4.69, 9.17) is 4.74 Å². The van der Waals surface area contributed by atoms with Gasteiger partial charge in [-0.1, -0.05) is 13.8 Å². The Labute approximate surface area is 62.4 Å². The van der Waals surface area contributed by atoms with Crippen LogP contribution in [0.5, 0.6) is 0 Å². The normalized spacial score (nSPS) is 11.0. The first-order chi connectivity index (χ1) is 4.18. The first kappa shape index (κ1) is 8.89. The van der Waals surface area contributed by atoms with E-state index in [1.54, 1.807) is 0 Å². The molecule has 2 heteroatoms. The highest BCUT2D eigenvalue weighted by Crippen LogP contribution is 2.17. The largest absolute Gasteiger partial charge is 0.474 e. The Bertz CT molecular complexity index is 86.9. The number of thiocarbonyl (C=S) groups is 1. The third-order valence-electron chi connectivity index (χ3n) is 1.78. The molecule has 0 saturated heterocycles. The summed E-state index contributed by atoms with van der Waals surface area (Å²) in [5, 5.41) is 0. The van der Waals surface area contributed by atoms with Crippen LogP contribution in [0.3, 0.4) is 0 Å². The minimum Gasteiger partial charge on any atom is -0.474 e. The molecule has 0 aromatic heterocycles. The molecule has 1 nitrogen and oxygen atoms in total. The van der Waals surface area contributed by atoms with Gasteiger partial charge in [-0.05, 0) is 32.0 Å². The van der Waals surface area contributed by atoms with Crippen molar-refractivity contribution in [1.29, 1.82) is 0 Å². The van der Waals surface area contributed by atoms with Crippen LogP contribution in [0.2, 0.25) is 0 Å². The van der Waals surface area contributed by atoms with Gasteiger partial charge in [0.1, 0.15) is 5.60 Å². The zero-order valence-corrected chi connectivity index (χ0v) is 7.05. The van der Waals surface area contributed by atoms with Crippen molar-refractivity contribution in [2.75, 3.05) is 0 Å².